The molecule has 166 valence electrons. The smallest absolute Gasteiger partial charge is 0.234 e. The zero-order valence-corrected chi connectivity index (χ0v) is 19.8. The van der Waals surface area contributed by atoms with Crippen LogP contribution >= 0.6 is 11.8 Å². The first kappa shape index (κ1) is 21.2. The zero-order valence-electron chi connectivity index (χ0n) is 19.0. The van der Waals surface area contributed by atoms with Crippen LogP contribution in [0.5, 0.6) is 0 Å². The summed E-state index contributed by atoms with van der Waals surface area (Å²) < 4.78 is 3.87. The number of carbonyl (C=O) groups excluding carboxylic acids is 1. The van der Waals surface area contributed by atoms with Crippen LogP contribution in [0.15, 0.2) is 59.8 Å². The Hall–Kier alpha value is -3.65. The minimum atomic E-state index is -0.108. The average Bonchev–Trinajstić information content (AvgIpc) is 3.34. The van der Waals surface area contributed by atoms with Crippen LogP contribution in [0.2, 0.25) is 0 Å². The van der Waals surface area contributed by atoms with Crippen LogP contribution in [0.4, 0.5) is 5.69 Å². The molecule has 5 rings (SSSR count). The summed E-state index contributed by atoms with van der Waals surface area (Å²) in [4.78, 5) is 12.8. The number of hydrogen-bond acceptors (Lipinski definition) is 5. The maximum absolute atomic E-state index is 12.8. The molecule has 1 N–H and O–H groups in total. The van der Waals surface area contributed by atoms with Crippen LogP contribution in [-0.4, -0.2) is 36.0 Å². The number of nitrogens with one attached hydrogen (secondary N) is 1. The molecule has 0 radical (unpaired) electrons. The molecule has 5 aromatic rings. The quantitative estimate of drug-likeness (QED) is 0.375. The van der Waals surface area contributed by atoms with Gasteiger partial charge in [0, 0.05) is 5.39 Å². The van der Waals surface area contributed by atoms with Crippen molar-refractivity contribution < 1.29 is 4.79 Å². The first-order chi connectivity index (χ1) is 15.9. The summed E-state index contributed by atoms with van der Waals surface area (Å²) in [5.41, 5.74) is 7.53. The summed E-state index contributed by atoms with van der Waals surface area (Å²) >= 11 is 1.37. The van der Waals surface area contributed by atoms with E-state index in [2.05, 4.69) is 58.7 Å². The van der Waals surface area contributed by atoms with Crippen LogP contribution in [0.25, 0.3) is 22.2 Å². The van der Waals surface area contributed by atoms with E-state index in [1.807, 2.05) is 53.3 Å². The van der Waals surface area contributed by atoms with Crippen molar-refractivity contribution in [3.63, 3.8) is 0 Å². The molecule has 3 aromatic heterocycles. The number of benzene rings is 2. The number of amides is 1. The van der Waals surface area contributed by atoms with Gasteiger partial charge in [-0.1, -0.05) is 47.7 Å². The van der Waals surface area contributed by atoms with Gasteiger partial charge < -0.3 is 5.32 Å². The number of hydrogen-bond donors (Lipinski definition) is 1. The minimum absolute atomic E-state index is 0.108. The van der Waals surface area contributed by atoms with Gasteiger partial charge in [0.15, 0.2) is 10.8 Å². The van der Waals surface area contributed by atoms with E-state index in [1.54, 1.807) is 0 Å². The Morgan fingerprint density at radius 1 is 1.00 bits per heavy atom. The fraction of sp³-hybridized carbons (Fsp3) is 0.200. The number of nitrogens with zero attached hydrogens (tertiary/aromatic N) is 5. The largest absolute Gasteiger partial charge is 0.322 e. The summed E-state index contributed by atoms with van der Waals surface area (Å²) in [5, 5.41) is 18.1. The molecule has 0 saturated heterocycles. The Balaban J connectivity index is 1.36. The monoisotopic (exact) mass is 456 g/mol. The van der Waals surface area contributed by atoms with Gasteiger partial charge in [-0.2, -0.15) is 5.10 Å². The van der Waals surface area contributed by atoms with Gasteiger partial charge >= 0.3 is 0 Å². The molecule has 0 fully saturated rings. The lowest BCUT2D eigenvalue weighted by molar-refractivity contribution is -0.113. The van der Waals surface area contributed by atoms with E-state index < -0.39 is 0 Å². The molecule has 0 bridgehead atoms. The Morgan fingerprint density at radius 3 is 2.55 bits per heavy atom. The van der Waals surface area contributed by atoms with Crippen LogP contribution < -0.4 is 5.32 Å². The molecule has 3 heterocycles. The fourth-order valence-electron chi connectivity index (χ4n) is 4.03. The molecule has 0 atom stereocenters. The second-order valence-corrected chi connectivity index (χ2v) is 9.09. The number of anilines is 1. The van der Waals surface area contributed by atoms with Crippen LogP contribution in [-0.2, 0) is 4.79 Å². The highest BCUT2D eigenvalue weighted by Crippen LogP contribution is 2.27. The van der Waals surface area contributed by atoms with E-state index in [4.69, 9.17) is 0 Å². The molecule has 7 nitrogen and oxygen atoms in total. The van der Waals surface area contributed by atoms with Gasteiger partial charge in [0.2, 0.25) is 5.91 Å². The predicted octanol–water partition coefficient (Wildman–Crippen LogP) is 5.03. The maximum atomic E-state index is 12.8. The highest BCUT2D eigenvalue weighted by Gasteiger charge is 2.17. The van der Waals surface area contributed by atoms with Gasteiger partial charge in [0.1, 0.15) is 0 Å². The summed E-state index contributed by atoms with van der Waals surface area (Å²) in [6.45, 7) is 7.99. The number of thioether (sulfide) groups is 1. The van der Waals surface area contributed by atoms with Gasteiger partial charge in [0.25, 0.3) is 0 Å². The molecule has 1 amide bonds. The predicted molar refractivity (Wildman–Crippen MR) is 132 cm³/mol. The molecule has 0 aliphatic rings. The highest BCUT2D eigenvalue weighted by molar-refractivity contribution is 7.99. The number of carbonyl (C=O) groups is 1. The van der Waals surface area contributed by atoms with Crippen molar-refractivity contribution in [1.82, 2.24) is 24.4 Å². The maximum Gasteiger partial charge on any atom is 0.234 e. The minimum Gasteiger partial charge on any atom is -0.322 e. The number of fused-ring (bicyclic) bond motifs is 3. The topological polar surface area (TPSA) is 77.1 Å². The lowest BCUT2D eigenvalue weighted by atomic mass is 10.1. The molecular weight excluding hydrogens is 432 g/mol. The summed E-state index contributed by atoms with van der Waals surface area (Å²) in [6.07, 6.45) is 0. The lowest BCUT2D eigenvalue weighted by Gasteiger charge is -2.08. The Bertz CT molecular complexity index is 1500. The molecular formula is C25H24N6OS. The summed E-state index contributed by atoms with van der Waals surface area (Å²) in [6, 6.07) is 18.3. The molecule has 2 aromatic carbocycles. The SMILES string of the molecule is Cc1ccc(-n2nc(C)c(NC(=O)CSc3nnc4cc(C)c5ccccc5n34)c2C)cc1. The molecule has 0 aliphatic carbocycles. The Kier molecular flexibility index (Phi) is 5.38. The third-order valence-electron chi connectivity index (χ3n) is 5.74. The zero-order chi connectivity index (χ0) is 23.1. The van der Waals surface area contributed by atoms with Crippen LogP contribution in [0.1, 0.15) is 22.5 Å². The number of rotatable bonds is 5. The first-order valence-corrected chi connectivity index (χ1v) is 11.7. The molecule has 0 spiro atoms. The van der Waals surface area contributed by atoms with E-state index in [-0.39, 0.29) is 11.7 Å². The number of aromatic nitrogens is 5. The highest BCUT2D eigenvalue weighted by atomic mass is 32.2. The summed E-state index contributed by atoms with van der Waals surface area (Å²) in [7, 11) is 0. The van der Waals surface area contributed by atoms with Crippen molar-refractivity contribution in [3.8, 4) is 5.69 Å². The van der Waals surface area contributed by atoms with Crippen molar-refractivity contribution in [2.45, 2.75) is 32.9 Å². The summed E-state index contributed by atoms with van der Waals surface area (Å²) in [5.74, 6) is 0.111. The number of para-hydroxylation sites is 1. The van der Waals surface area contributed by atoms with E-state index in [9.17, 15) is 4.79 Å². The molecule has 0 unspecified atom stereocenters. The van der Waals surface area contributed by atoms with E-state index in [0.717, 1.165) is 44.9 Å². The molecule has 33 heavy (non-hydrogen) atoms. The van der Waals surface area contributed by atoms with E-state index in [0.29, 0.717) is 5.16 Å². The third kappa shape index (κ3) is 3.87. The Morgan fingerprint density at radius 2 is 1.76 bits per heavy atom. The van der Waals surface area contributed by atoms with Crippen molar-refractivity contribution in [1.29, 1.82) is 0 Å². The van der Waals surface area contributed by atoms with Crippen molar-refractivity contribution in [3.05, 3.63) is 77.1 Å². The third-order valence-corrected chi connectivity index (χ3v) is 6.67. The van der Waals surface area contributed by atoms with Crippen molar-refractivity contribution >= 4 is 39.9 Å². The lowest BCUT2D eigenvalue weighted by Crippen LogP contribution is -2.15. The Labute approximate surface area is 195 Å². The molecule has 8 heteroatoms. The van der Waals surface area contributed by atoms with Crippen LogP contribution in [0, 0.1) is 27.7 Å². The van der Waals surface area contributed by atoms with Gasteiger partial charge in [-0.15, -0.1) is 10.2 Å². The second-order valence-electron chi connectivity index (χ2n) is 8.15. The van der Waals surface area contributed by atoms with Gasteiger partial charge in [-0.25, -0.2) is 4.68 Å². The normalized spacial score (nSPS) is 11.4. The number of pyridine rings is 1. The van der Waals surface area contributed by atoms with E-state index in [1.165, 1.54) is 17.3 Å². The standard InChI is InChI=1S/C25H24N6OS/c1-15-9-11-19(12-10-15)31-18(4)24(17(3)29-31)26-23(32)14-33-25-28-27-22-13-16(2)20-7-5-6-8-21(20)30(22)25/h5-13H,14H2,1-4H3,(H,26,32). The van der Waals surface area contributed by atoms with Crippen molar-refractivity contribution in [2.24, 2.45) is 0 Å². The van der Waals surface area contributed by atoms with Gasteiger partial charge in [-0.05, 0) is 57.5 Å². The average molecular weight is 457 g/mol. The van der Waals surface area contributed by atoms with Crippen molar-refractivity contribution in [2.75, 3.05) is 11.1 Å². The fourth-order valence-corrected chi connectivity index (χ4v) is 4.79. The number of aryl methyl sites for hydroxylation is 3. The van der Waals surface area contributed by atoms with Crippen LogP contribution in [0.3, 0.4) is 0 Å². The van der Waals surface area contributed by atoms with Gasteiger partial charge in [0.05, 0.1) is 34.0 Å². The van der Waals surface area contributed by atoms with Gasteiger partial charge in [-0.3, -0.25) is 9.20 Å². The second kappa shape index (κ2) is 8.37. The molecule has 0 saturated carbocycles. The van der Waals surface area contributed by atoms with E-state index >= 15 is 0 Å². The molecule has 0 aliphatic heterocycles. The first-order valence-electron chi connectivity index (χ1n) is 10.7.